The molecule has 4 heteroatoms. The summed E-state index contributed by atoms with van der Waals surface area (Å²) in [5.41, 5.74) is 2.67. The van der Waals surface area contributed by atoms with Crippen molar-refractivity contribution >= 4 is 22.5 Å². The molecule has 0 bridgehead atoms. The number of hydrogen-bond acceptors (Lipinski definition) is 2. The van der Waals surface area contributed by atoms with E-state index in [1.165, 1.54) is 0 Å². The molecule has 0 radical (unpaired) electrons. The highest BCUT2D eigenvalue weighted by Gasteiger charge is 2.12. The molecule has 0 aliphatic heterocycles. The molecule has 2 N–H and O–H groups in total. The summed E-state index contributed by atoms with van der Waals surface area (Å²) in [7, 11) is 1.71. The number of benzene rings is 2. The molecule has 0 atom stereocenters. The number of fused-ring (bicyclic) bond motifs is 1. The van der Waals surface area contributed by atoms with Gasteiger partial charge in [0.15, 0.2) is 0 Å². The molecule has 0 fully saturated rings. The van der Waals surface area contributed by atoms with Gasteiger partial charge in [0.2, 0.25) is 5.91 Å². The average molecular weight is 280 g/mol. The van der Waals surface area contributed by atoms with E-state index in [1.807, 2.05) is 30.5 Å². The van der Waals surface area contributed by atoms with Crippen molar-refractivity contribution in [1.29, 1.82) is 0 Å². The second-order valence-electron chi connectivity index (χ2n) is 5.05. The molecule has 0 aliphatic carbocycles. The first-order valence-electron chi connectivity index (χ1n) is 6.75. The largest absolute Gasteiger partial charge is 0.508 e. The quantitative estimate of drug-likeness (QED) is 0.774. The number of aromatic hydroxyl groups is 1. The minimum absolute atomic E-state index is 0.0218. The molecule has 1 heterocycles. The van der Waals surface area contributed by atoms with E-state index >= 15 is 0 Å². The van der Waals surface area contributed by atoms with Crippen molar-refractivity contribution in [3.8, 4) is 5.75 Å². The summed E-state index contributed by atoms with van der Waals surface area (Å²) in [5, 5.41) is 10.6. The zero-order valence-electron chi connectivity index (χ0n) is 11.7. The van der Waals surface area contributed by atoms with Crippen molar-refractivity contribution in [3.63, 3.8) is 0 Å². The minimum Gasteiger partial charge on any atom is -0.508 e. The Labute approximate surface area is 122 Å². The molecule has 2 aromatic carbocycles. The van der Waals surface area contributed by atoms with Crippen LogP contribution in [0.15, 0.2) is 54.7 Å². The highest BCUT2D eigenvalue weighted by atomic mass is 16.3. The van der Waals surface area contributed by atoms with Gasteiger partial charge < -0.3 is 15.0 Å². The fourth-order valence-corrected chi connectivity index (χ4v) is 2.34. The summed E-state index contributed by atoms with van der Waals surface area (Å²) in [4.78, 5) is 17.0. The molecule has 0 unspecified atom stereocenters. The number of carbonyl (C=O) groups is 1. The van der Waals surface area contributed by atoms with Gasteiger partial charge in [-0.15, -0.1) is 0 Å². The molecule has 4 nitrogen and oxygen atoms in total. The first-order valence-corrected chi connectivity index (χ1v) is 6.75. The fourth-order valence-electron chi connectivity index (χ4n) is 2.34. The number of aromatic nitrogens is 1. The molecular weight excluding hydrogens is 264 g/mol. The summed E-state index contributed by atoms with van der Waals surface area (Å²) in [5.74, 6) is 0.131. The smallest absolute Gasteiger partial charge is 0.231 e. The standard InChI is InChI=1S/C17H16N2O2/c1-19(14-3-2-4-15(20)11-14)17(21)10-12-5-6-13-7-8-18-16(13)9-12/h2-9,11,18,20H,10H2,1H3. The summed E-state index contributed by atoms with van der Waals surface area (Å²) in [6.07, 6.45) is 2.20. The zero-order chi connectivity index (χ0) is 14.8. The van der Waals surface area contributed by atoms with Crippen LogP contribution in [0, 0.1) is 0 Å². The SMILES string of the molecule is CN(C(=O)Cc1ccc2cc[nH]c2c1)c1cccc(O)c1. The van der Waals surface area contributed by atoms with Gasteiger partial charge in [-0.05, 0) is 35.2 Å². The number of nitrogens with zero attached hydrogens (tertiary/aromatic N) is 1. The van der Waals surface area contributed by atoms with E-state index in [-0.39, 0.29) is 11.7 Å². The lowest BCUT2D eigenvalue weighted by molar-refractivity contribution is -0.117. The number of anilines is 1. The average Bonchev–Trinajstić information content (AvgIpc) is 2.94. The van der Waals surface area contributed by atoms with E-state index in [1.54, 1.807) is 36.2 Å². The predicted molar refractivity (Wildman–Crippen MR) is 83.5 cm³/mol. The van der Waals surface area contributed by atoms with Crippen LogP contribution >= 0.6 is 0 Å². The molecule has 21 heavy (non-hydrogen) atoms. The van der Waals surface area contributed by atoms with Crippen molar-refractivity contribution < 1.29 is 9.90 Å². The lowest BCUT2D eigenvalue weighted by Gasteiger charge is -2.17. The molecule has 3 aromatic rings. The molecule has 1 aromatic heterocycles. The van der Waals surface area contributed by atoms with Gasteiger partial charge in [0.1, 0.15) is 5.75 Å². The van der Waals surface area contributed by atoms with E-state index in [2.05, 4.69) is 4.98 Å². The van der Waals surface area contributed by atoms with Crippen molar-refractivity contribution in [1.82, 2.24) is 4.98 Å². The van der Waals surface area contributed by atoms with Gasteiger partial charge in [-0.25, -0.2) is 0 Å². The molecule has 106 valence electrons. The summed E-state index contributed by atoms with van der Waals surface area (Å²) in [6, 6.07) is 14.6. The maximum absolute atomic E-state index is 12.3. The van der Waals surface area contributed by atoms with Crippen LogP contribution in [-0.4, -0.2) is 23.0 Å². The van der Waals surface area contributed by atoms with Gasteiger partial charge in [-0.3, -0.25) is 4.79 Å². The van der Waals surface area contributed by atoms with Crippen LogP contribution in [0.1, 0.15) is 5.56 Å². The van der Waals surface area contributed by atoms with E-state index in [0.717, 1.165) is 16.5 Å². The molecule has 0 saturated heterocycles. The van der Waals surface area contributed by atoms with Gasteiger partial charge in [-0.2, -0.15) is 0 Å². The highest BCUT2D eigenvalue weighted by molar-refractivity contribution is 5.95. The van der Waals surface area contributed by atoms with Crippen LogP contribution in [0.2, 0.25) is 0 Å². The van der Waals surface area contributed by atoms with Crippen molar-refractivity contribution in [2.75, 3.05) is 11.9 Å². The molecule has 0 saturated carbocycles. The molecule has 3 rings (SSSR count). The maximum Gasteiger partial charge on any atom is 0.231 e. The third-order valence-electron chi connectivity index (χ3n) is 3.57. The number of nitrogens with one attached hydrogen (secondary N) is 1. The summed E-state index contributed by atoms with van der Waals surface area (Å²) in [6.45, 7) is 0. The van der Waals surface area contributed by atoms with Gasteiger partial charge in [0.25, 0.3) is 0 Å². The van der Waals surface area contributed by atoms with Crippen LogP contribution in [0.5, 0.6) is 5.75 Å². The second-order valence-corrected chi connectivity index (χ2v) is 5.05. The second kappa shape index (κ2) is 5.32. The van der Waals surface area contributed by atoms with E-state index in [0.29, 0.717) is 12.1 Å². The van der Waals surface area contributed by atoms with Crippen molar-refractivity contribution in [3.05, 3.63) is 60.3 Å². The van der Waals surface area contributed by atoms with Crippen LogP contribution in [-0.2, 0) is 11.2 Å². The monoisotopic (exact) mass is 280 g/mol. The van der Waals surface area contributed by atoms with E-state index in [9.17, 15) is 9.90 Å². The molecule has 0 spiro atoms. The first-order chi connectivity index (χ1) is 10.1. The Hall–Kier alpha value is -2.75. The number of phenolic OH excluding ortho intramolecular Hbond substituents is 1. The summed E-state index contributed by atoms with van der Waals surface area (Å²) < 4.78 is 0. The number of likely N-dealkylation sites (N-methyl/N-ethyl adjacent to an activating group) is 1. The maximum atomic E-state index is 12.3. The number of carbonyl (C=O) groups excluding carboxylic acids is 1. The Morgan fingerprint density at radius 1 is 1.19 bits per heavy atom. The van der Waals surface area contributed by atoms with Gasteiger partial charge in [0.05, 0.1) is 6.42 Å². The molecular formula is C17H16N2O2. The van der Waals surface area contributed by atoms with Crippen LogP contribution in [0.25, 0.3) is 10.9 Å². The third-order valence-corrected chi connectivity index (χ3v) is 3.57. The van der Waals surface area contributed by atoms with Crippen LogP contribution in [0.4, 0.5) is 5.69 Å². The van der Waals surface area contributed by atoms with E-state index in [4.69, 9.17) is 0 Å². The van der Waals surface area contributed by atoms with Gasteiger partial charge in [0, 0.05) is 30.5 Å². The van der Waals surface area contributed by atoms with Crippen LogP contribution in [0.3, 0.4) is 0 Å². The lowest BCUT2D eigenvalue weighted by atomic mass is 10.1. The van der Waals surface area contributed by atoms with Gasteiger partial charge >= 0.3 is 0 Å². The fraction of sp³-hybridized carbons (Fsp3) is 0.118. The van der Waals surface area contributed by atoms with Crippen LogP contribution < -0.4 is 4.90 Å². The number of rotatable bonds is 3. The normalized spacial score (nSPS) is 10.7. The Kier molecular flexibility index (Phi) is 3.36. The predicted octanol–water partition coefficient (Wildman–Crippen LogP) is 3.08. The van der Waals surface area contributed by atoms with E-state index < -0.39 is 0 Å². The Bertz CT molecular complexity index is 792. The number of hydrogen-bond donors (Lipinski definition) is 2. The van der Waals surface area contributed by atoms with Crippen molar-refractivity contribution in [2.24, 2.45) is 0 Å². The zero-order valence-corrected chi connectivity index (χ0v) is 11.7. The first kappa shape index (κ1) is 13.2. The lowest BCUT2D eigenvalue weighted by Crippen LogP contribution is -2.27. The Balaban J connectivity index is 1.78. The van der Waals surface area contributed by atoms with Crippen molar-refractivity contribution in [2.45, 2.75) is 6.42 Å². The highest BCUT2D eigenvalue weighted by Crippen LogP contribution is 2.20. The minimum atomic E-state index is -0.0218. The molecule has 1 amide bonds. The Morgan fingerprint density at radius 3 is 2.86 bits per heavy atom. The topological polar surface area (TPSA) is 56.3 Å². The summed E-state index contributed by atoms with van der Waals surface area (Å²) >= 11 is 0. The Morgan fingerprint density at radius 2 is 2.05 bits per heavy atom. The molecule has 0 aliphatic rings. The number of amides is 1. The third kappa shape index (κ3) is 2.74. The number of phenols is 1. The number of aromatic amines is 1. The van der Waals surface area contributed by atoms with Gasteiger partial charge in [-0.1, -0.05) is 18.2 Å². The number of H-pyrrole nitrogens is 1.